The molecular weight excluding hydrogens is 449 g/mol. The van der Waals surface area contributed by atoms with Gasteiger partial charge in [0.05, 0.1) is 16.2 Å². The molecule has 0 fully saturated rings. The lowest BCUT2D eigenvalue weighted by molar-refractivity contribution is -0.137. The minimum Gasteiger partial charge on any atom is -0.307 e. The van der Waals surface area contributed by atoms with E-state index < -0.39 is 21.6 Å². The minimum atomic E-state index is -4.56. The third-order valence-electron chi connectivity index (χ3n) is 4.62. The number of sulfone groups is 1. The highest BCUT2D eigenvalue weighted by molar-refractivity contribution is 7.91. The number of rotatable bonds is 5. The van der Waals surface area contributed by atoms with Gasteiger partial charge in [-0.3, -0.25) is 4.98 Å². The second kappa shape index (κ2) is 7.78. The third kappa shape index (κ3) is 3.84. The maximum Gasteiger partial charge on any atom is 0.416 e. The van der Waals surface area contributed by atoms with E-state index in [9.17, 15) is 21.6 Å². The van der Waals surface area contributed by atoms with E-state index in [2.05, 4.69) is 30.2 Å². The molecule has 4 heterocycles. The molecule has 0 aliphatic rings. The quantitative estimate of drug-likeness (QED) is 0.441. The lowest BCUT2D eigenvalue weighted by Gasteiger charge is -2.11. The van der Waals surface area contributed by atoms with Gasteiger partial charge in [-0.05, 0) is 24.3 Å². The van der Waals surface area contributed by atoms with Crippen LogP contribution < -0.4 is 0 Å². The summed E-state index contributed by atoms with van der Waals surface area (Å²) in [6, 6.07) is 4.52. The van der Waals surface area contributed by atoms with E-state index in [0.717, 1.165) is 18.3 Å². The summed E-state index contributed by atoms with van der Waals surface area (Å²) in [6.45, 7) is 1.49. The summed E-state index contributed by atoms with van der Waals surface area (Å²) in [4.78, 5) is 12.1. The normalized spacial score (nSPS) is 12.3. The molecule has 0 aliphatic carbocycles. The van der Waals surface area contributed by atoms with Crippen LogP contribution in [0.2, 0.25) is 0 Å². The number of hydrogen-bond donors (Lipinski definition) is 0. The van der Waals surface area contributed by atoms with Gasteiger partial charge in [0.25, 0.3) is 0 Å². The molecule has 0 N–H and O–H groups in total. The van der Waals surface area contributed by atoms with Gasteiger partial charge in [-0.1, -0.05) is 6.92 Å². The second-order valence-corrected chi connectivity index (χ2v) is 8.84. The molecule has 166 valence electrons. The van der Waals surface area contributed by atoms with Gasteiger partial charge in [0.15, 0.2) is 27.3 Å². The van der Waals surface area contributed by atoms with Gasteiger partial charge in [-0.15, -0.1) is 10.2 Å². The molecule has 0 aromatic carbocycles. The zero-order valence-corrected chi connectivity index (χ0v) is 17.5. The highest BCUT2D eigenvalue weighted by atomic mass is 32.2. The van der Waals surface area contributed by atoms with E-state index in [-0.39, 0.29) is 39.5 Å². The maximum absolute atomic E-state index is 13.1. The summed E-state index contributed by atoms with van der Waals surface area (Å²) >= 11 is 0. The van der Waals surface area contributed by atoms with E-state index in [1.807, 2.05) is 0 Å². The summed E-state index contributed by atoms with van der Waals surface area (Å²) in [5.41, 5.74) is -0.992. The molecule has 0 aliphatic heterocycles. The smallest absolute Gasteiger partial charge is 0.307 e. The molecule has 0 unspecified atom stereocenters. The number of alkyl halides is 3. The third-order valence-corrected chi connectivity index (χ3v) is 6.37. The van der Waals surface area contributed by atoms with Gasteiger partial charge in [-0.25, -0.2) is 23.1 Å². The Bertz CT molecular complexity index is 1380. The Labute approximate surface area is 179 Å². The second-order valence-electron chi connectivity index (χ2n) is 6.59. The van der Waals surface area contributed by atoms with Crippen molar-refractivity contribution in [1.82, 2.24) is 39.5 Å². The van der Waals surface area contributed by atoms with Crippen LogP contribution in [0.25, 0.3) is 28.9 Å². The molecule has 0 saturated carbocycles. The molecule has 0 amide bonds. The largest absolute Gasteiger partial charge is 0.416 e. The Morgan fingerprint density at radius 2 is 1.84 bits per heavy atom. The van der Waals surface area contributed by atoms with Crippen LogP contribution in [0.15, 0.2) is 48.0 Å². The molecule has 4 aromatic rings. The van der Waals surface area contributed by atoms with Gasteiger partial charge in [0, 0.05) is 13.2 Å². The Kier molecular flexibility index (Phi) is 5.24. The first-order valence-corrected chi connectivity index (χ1v) is 10.8. The monoisotopic (exact) mass is 464 g/mol. The Hall–Kier alpha value is -3.68. The van der Waals surface area contributed by atoms with Crippen LogP contribution in [0.3, 0.4) is 0 Å². The Morgan fingerprint density at radius 3 is 2.50 bits per heavy atom. The first kappa shape index (κ1) is 21.5. The molecule has 4 aromatic heterocycles. The van der Waals surface area contributed by atoms with E-state index in [4.69, 9.17) is 0 Å². The SMILES string of the molecule is CCS(=O)(=O)c1ccc(-n2cncn2)nc1-c1nnc(-c2cc(C(F)(F)F)ccn2)n1C. The van der Waals surface area contributed by atoms with E-state index in [1.54, 1.807) is 0 Å². The Morgan fingerprint density at radius 1 is 1.09 bits per heavy atom. The molecule has 4 rings (SSSR count). The molecule has 32 heavy (non-hydrogen) atoms. The fraction of sp³-hybridized carbons (Fsp3) is 0.222. The van der Waals surface area contributed by atoms with Crippen molar-refractivity contribution >= 4 is 9.84 Å². The molecule has 0 atom stereocenters. The molecule has 14 heteroatoms. The summed E-state index contributed by atoms with van der Waals surface area (Å²) in [5, 5.41) is 11.9. The van der Waals surface area contributed by atoms with Crippen molar-refractivity contribution < 1.29 is 21.6 Å². The minimum absolute atomic E-state index is 0.0129. The fourth-order valence-corrected chi connectivity index (χ4v) is 3.96. The van der Waals surface area contributed by atoms with Crippen LogP contribution >= 0.6 is 0 Å². The highest BCUT2D eigenvalue weighted by Gasteiger charge is 2.31. The predicted octanol–water partition coefficient (Wildman–Crippen LogP) is 2.33. The van der Waals surface area contributed by atoms with Gasteiger partial charge in [0.2, 0.25) is 0 Å². The maximum atomic E-state index is 13.1. The summed E-state index contributed by atoms with van der Waals surface area (Å²) in [7, 11) is -2.23. The number of aromatic nitrogens is 8. The van der Waals surface area contributed by atoms with Gasteiger partial charge >= 0.3 is 6.18 Å². The summed E-state index contributed by atoms with van der Waals surface area (Å²) in [6.07, 6.45) is -0.870. The summed E-state index contributed by atoms with van der Waals surface area (Å²) < 4.78 is 67.3. The van der Waals surface area contributed by atoms with Gasteiger partial charge < -0.3 is 4.57 Å². The van der Waals surface area contributed by atoms with Crippen LogP contribution in [0, 0.1) is 0 Å². The van der Waals surface area contributed by atoms with Crippen LogP contribution in [0.1, 0.15) is 12.5 Å². The zero-order valence-electron chi connectivity index (χ0n) is 16.7. The van der Waals surface area contributed by atoms with Crippen LogP contribution in [0.5, 0.6) is 0 Å². The number of pyridine rings is 2. The summed E-state index contributed by atoms with van der Waals surface area (Å²) in [5.74, 6) is 0.131. The number of halogens is 3. The molecule has 0 bridgehead atoms. The lowest BCUT2D eigenvalue weighted by atomic mass is 10.2. The van der Waals surface area contributed by atoms with Crippen LogP contribution in [-0.2, 0) is 23.1 Å². The number of nitrogens with zero attached hydrogens (tertiary/aromatic N) is 8. The average Bonchev–Trinajstić information content (AvgIpc) is 3.43. The fourth-order valence-electron chi connectivity index (χ4n) is 2.94. The van der Waals surface area contributed by atoms with Gasteiger partial charge in [0.1, 0.15) is 24.0 Å². The highest BCUT2D eigenvalue weighted by Crippen LogP contribution is 2.32. The van der Waals surface area contributed by atoms with Crippen molar-refractivity contribution in [3.05, 3.63) is 48.7 Å². The molecule has 0 radical (unpaired) electrons. The Balaban J connectivity index is 1.89. The predicted molar refractivity (Wildman–Crippen MR) is 105 cm³/mol. The van der Waals surface area contributed by atoms with Gasteiger partial charge in [-0.2, -0.15) is 18.3 Å². The van der Waals surface area contributed by atoms with Crippen molar-refractivity contribution in [1.29, 1.82) is 0 Å². The molecular formula is C18H15F3N8O2S. The van der Waals surface area contributed by atoms with E-state index in [0.29, 0.717) is 0 Å². The van der Waals surface area contributed by atoms with Crippen LogP contribution in [0.4, 0.5) is 13.2 Å². The van der Waals surface area contributed by atoms with Crippen molar-refractivity contribution in [2.45, 2.75) is 18.0 Å². The van der Waals surface area contributed by atoms with Crippen molar-refractivity contribution in [2.24, 2.45) is 7.05 Å². The van der Waals surface area contributed by atoms with Crippen molar-refractivity contribution in [3.63, 3.8) is 0 Å². The van der Waals surface area contributed by atoms with Crippen molar-refractivity contribution in [2.75, 3.05) is 5.75 Å². The van der Waals surface area contributed by atoms with Crippen molar-refractivity contribution in [3.8, 4) is 28.9 Å². The van der Waals surface area contributed by atoms with E-state index >= 15 is 0 Å². The molecule has 10 nitrogen and oxygen atoms in total. The zero-order chi connectivity index (χ0) is 23.1. The van der Waals surface area contributed by atoms with Crippen LogP contribution in [-0.4, -0.2) is 53.7 Å². The number of hydrogen-bond acceptors (Lipinski definition) is 8. The first-order valence-electron chi connectivity index (χ1n) is 9.14. The molecule has 0 spiro atoms. The average molecular weight is 464 g/mol. The molecule has 0 saturated heterocycles. The van der Waals surface area contributed by atoms with E-state index in [1.165, 1.54) is 48.0 Å². The standard InChI is InChI=1S/C18H15F3N8O2S/c1-3-32(30,31)13-4-5-14(29-10-22-9-24-29)25-15(13)17-27-26-16(28(17)2)12-8-11(6-7-23-12)18(19,20)21/h4-10H,3H2,1-2H3. The first-order chi connectivity index (χ1) is 15.1. The lowest BCUT2D eigenvalue weighted by Crippen LogP contribution is -2.11. The topological polar surface area (TPSA) is 121 Å².